The molecule has 0 amide bonds. The van der Waals surface area contributed by atoms with Gasteiger partial charge >= 0.3 is 0 Å². The molecule has 1 aromatic carbocycles. The molecule has 0 N–H and O–H groups in total. The third-order valence-corrected chi connectivity index (χ3v) is 6.09. The van der Waals surface area contributed by atoms with Crippen LogP contribution < -0.4 is 0 Å². The second-order valence-electron chi connectivity index (χ2n) is 4.86. The number of rotatable bonds is 5. The highest BCUT2D eigenvalue weighted by Gasteiger charge is 2.35. The first-order valence-electron chi connectivity index (χ1n) is 6.47. The lowest BCUT2D eigenvalue weighted by molar-refractivity contribution is 0.408. The van der Waals surface area contributed by atoms with E-state index in [-0.39, 0.29) is 6.04 Å². The molecule has 2 rings (SSSR count). The summed E-state index contributed by atoms with van der Waals surface area (Å²) in [5.74, 6) is 0. The third kappa shape index (κ3) is 2.93. The Balaban J connectivity index is 2.41. The number of sulfonamides is 1. The number of halogens is 1. The molecule has 0 aromatic heterocycles. The van der Waals surface area contributed by atoms with E-state index < -0.39 is 10.0 Å². The fourth-order valence-electron chi connectivity index (χ4n) is 2.36. The zero-order valence-electron chi connectivity index (χ0n) is 11.4. The summed E-state index contributed by atoms with van der Waals surface area (Å²) in [5.41, 5.74) is 1.93. The highest BCUT2D eigenvalue weighted by atomic mass is 127. The van der Waals surface area contributed by atoms with Crippen molar-refractivity contribution in [3.8, 4) is 0 Å². The molecule has 0 saturated carbocycles. The molecule has 3 nitrogen and oxygen atoms in total. The number of alkyl halides is 1. The minimum Gasteiger partial charge on any atom is -0.266 e. The standard InChI is InChI=1S/C15H18INO2S/c1-3-4-13-7-8-14(11-16)17(13)20(18,19)15-9-5-12(2)6-10-15/h3,5-6,8-10,13H,1,4,7,11H2,2H3. The average Bonchev–Trinajstić information content (AvgIpc) is 2.83. The van der Waals surface area contributed by atoms with Crippen molar-refractivity contribution in [2.45, 2.75) is 30.7 Å². The first-order chi connectivity index (χ1) is 9.50. The Morgan fingerprint density at radius 2 is 2.05 bits per heavy atom. The van der Waals surface area contributed by atoms with Crippen molar-refractivity contribution in [3.05, 3.63) is 54.3 Å². The minimum absolute atomic E-state index is 0.0384. The molecule has 0 spiro atoms. The van der Waals surface area contributed by atoms with Crippen LogP contribution in [0.1, 0.15) is 18.4 Å². The summed E-state index contributed by atoms with van der Waals surface area (Å²) in [4.78, 5) is 0.356. The van der Waals surface area contributed by atoms with E-state index in [4.69, 9.17) is 0 Å². The van der Waals surface area contributed by atoms with Gasteiger partial charge in [-0.05, 0) is 31.9 Å². The topological polar surface area (TPSA) is 37.4 Å². The maximum atomic E-state index is 12.8. The normalized spacial score (nSPS) is 19.0. The summed E-state index contributed by atoms with van der Waals surface area (Å²) in [6, 6.07) is 6.98. The van der Waals surface area contributed by atoms with Gasteiger partial charge < -0.3 is 0 Å². The van der Waals surface area contributed by atoms with E-state index in [9.17, 15) is 8.42 Å². The Morgan fingerprint density at radius 3 is 2.60 bits per heavy atom. The van der Waals surface area contributed by atoms with Crippen molar-refractivity contribution >= 4 is 32.6 Å². The van der Waals surface area contributed by atoms with Crippen molar-refractivity contribution in [1.29, 1.82) is 0 Å². The van der Waals surface area contributed by atoms with Gasteiger partial charge in [0.15, 0.2) is 0 Å². The Kier molecular flexibility index (Phi) is 4.90. The number of hydrogen-bond donors (Lipinski definition) is 0. The number of aryl methyl sites for hydroxylation is 1. The molecule has 0 bridgehead atoms. The van der Waals surface area contributed by atoms with Gasteiger partial charge in [-0.25, -0.2) is 8.42 Å². The second kappa shape index (κ2) is 6.30. The van der Waals surface area contributed by atoms with Crippen LogP contribution in [0, 0.1) is 6.92 Å². The summed E-state index contributed by atoms with van der Waals surface area (Å²) >= 11 is 2.21. The largest absolute Gasteiger partial charge is 0.266 e. The molecule has 0 saturated heterocycles. The van der Waals surface area contributed by atoms with Crippen LogP contribution in [0.15, 0.2) is 53.6 Å². The molecule has 1 unspecified atom stereocenters. The molecular weight excluding hydrogens is 385 g/mol. The van der Waals surface area contributed by atoms with Crippen molar-refractivity contribution < 1.29 is 8.42 Å². The number of allylic oxidation sites excluding steroid dienone is 1. The smallest absolute Gasteiger partial charge is 0.264 e. The van der Waals surface area contributed by atoms with E-state index in [0.717, 1.165) is 17.7 Å². The molecule has 1 atom stereocenters. The Hall–Kier alpha value is -0.820. The highest BCUT2D eigenvalue weighted by molar-refractivity contribution is 14.1. The lowest BCUT2D eigenvalue weighted by Crippen LogP contribution is -2.36. The first-order valence-corrected chi connectivity index (χ1v) is 9.44. The molecule has 1 aliphatic heterocycles. The van der Waals surface area contributed by atoms with Crippen LogP contribution in [0.4, 0.5) is 0 Å². The molecular formula is C15H18INO2S. The molecule has 5 heteroatoms. The Labute approximate surface area is 134 Å². The van der Waals surface area contributed by atoms with Crippen LogP contribution in [0.2, 0.25) is 0 Å². The summed E-state index contributed by atoms with van der Waals surface area (Å²) in [6.07, 6.45) is 5.23. The van der Waals surface area contributed by atoms with Gasteiger partial charge in [-0.1, -0.05) is 52.4 Å². The zero-order valence-corrected chi connectivity index (χ0v) is 14.4. The average molecular weight is 403 g/mol. The van der Waals surface area contributed by atoms with Crippen LogP contribution in [-0.4, -0.2) is 23.2 Å². The summed E-state index contributed by atoms with van der Waals surface area (Å²) in [7, 11) is -3.48. The summed E-state index contributed by atoms with van der Waals surface area (Å²) in [6.45, 7) is 5.68. The van der Waals surface area contributed by atoms with Gasteiger partial charge in [0.1, 0.15) is 0 Å². The van der Waals surface area contributed by atoms with Gasteiger partial charge in [-0.3, -0.25) is 4.31 Å². The molecule has 1 aliphatic rings. The molecule has 0 radical (unpaired) electrons. The molecule has 1 aromatic rings. The third-order valence-electron chi connectivity index (χ3n) is 3.39. The van der Waals surface area contributed by atoms with Crippen LogP contribution in [0.3, 0.4) is 0 Å². The van der Waals surface area contributed by atoms with Crippen LogP contribution >= 0.6 is 22.6 Å². The van der Waals surface area contributed by atoms with Gasteiger partial charge in [0.05, 0.1) is 10.9 Å². The number of benzene rings is 1. The quantitative estimate of drug-likeness (QED) is 0.428. The summed E-state index contributed by atoms with van der Waals surface area (Å²) in [5, 5.41) is 0. The van der Waals surface area contributed by atoms with E-state index in [1.54, 1.807) is 22.5 Å². The molecule has 1 heterocycles. The van der Waals surface area contributed by atoms with E-state index in [1.165, 1.54) is 0 Å². The van der Waals surface area contributed by atoms with E-state index >= 15 is 0 Å². The van der Waals surface area contributed by atoms with Crippen molar-refractivity contribution in [3.63, 3.8) is 0 Å². The van der Waals surface area contributed by atoms with E-state index in [0.29, 0.717) is 15.7 Å². The van der Waals surface area contributed by atoms with Gasteiger partial charge in [-0.2, -0.15) is 0 Å². The Morgan fingerprint density at radius 1 is 1.40 bits per heavy atom. The molecule has 108 valence electrons. The van der Waals surface area contributed by atoms with Crippen LogP contribution in [0.25, 0.3) is 0 Å². The van der Waals surface area contributed by atoms with Gasteiger partial charge in [0.25, 0.3) is 10.0 Å². The molecule has 0 aliphatic carbocycles. The Bertz CT molecular complexity index is 620. The van der Waals surface area contributed by atoms with Crippen LogP contribution in [-0.2, 0) is 10.0 Å². The lowest BCUT2D eigenvalue weighted by atomic mass is 10.2. The number of nitrogens with zero attached hydrogens (tertiary/aromatic N) is 1. The minimum atomic E-state index is -3.48. The van der Waals surface area contributed by atoms with E-state index in [2.05, 4.69) is 29.2 Å². The lowest BCUT2D eigenvalue weighted by Gasteiger charge is -2.28. The molecule has 20 heavy (non-hydrogen) atoms. The van der Waals surface area contributed by atoms with Gasteiger partial charge in [-0.15, -0.1) is 6.58 Å². The maximum Gasteiger partial charge on any atom is 0.264 e. The fourth-order valence-corrected chi connectivity index (χ4v) is 4.99. The van der Waals surface area contributed by atoms with Crippen molar-refractivity contribution in [2.75, 3.05) is 4.43 Å². The second-order valence-corrected chi connectivity index (χ2v) is 7.43. The van der Waals surface area contributed by atoms with Crippen LogP contribution in [0.5, 0.6) is 0 Å². The molecule has 0 fully saturated rings. The highest BCUT2D eigenvalue weighted by Crippen LogP contribution is 2.32. The van der Waals surface area contributed by atoms with Crippen molar-refractivity contribution in [1.82, 2.24) is 4.31 Å². The van der Waals surface area contributed by atoms with Crippen molar-refractivity contribution in [2.24, 2.45) is 0 Å². The van der Waals surface area contributed by atoms with Gasteiger partial charge in [0.2, 0.25) is 0 Å². The predicted octanol–water partition coefficient (Wildman–Crippen LogP) is 3.65. The first kappa shape index (κ1) is 15.6. The SMILES string of the molecule is C=CCC1CC=C(CI)N1S(=O)(=O)c1ccc(C)cc1. The van der Waals surface area contributed by atoms with E-state index in [1.807, 2.05) is 25.1 Å². The maximum absolute atomic E-state index is 12.8. The predicted molar refractivity (Wildman–Crippen MR) is 90.4 cm³/mol. The van der Waals surface area contributed by atoms with Gasteiger partial charge in [0, 0.05) is 10.1 Å². The summed E-state index contributed by atoms with van der Waals surface area (Å²) < 4.78 is 28.0. The fraction of sp³-hybridized carbons (Fsp3) is 0.333. The zero-order chi connectivity index (χ0) is 14.8. The monoisotopic (exact) mass is 403 g/mol. The number of hydrogen-bond acceptors (Lipinski definition) is 2.